The Kier molecular flexibility index (Phi) is 17.5. The van der Waals surface area contributed by atoms with Crippen LogP contribution in [0, 0.1) is 11.8 Å². The first-order valence-electron chi connectivity index (χ1n) is 22.9. The van der Waals surface area contributed by atoms with Crippen molar-refractivity contribution in [2.45, 2.75) is 94.9 Å². The zero-order chi connectivity index (χ0) is 44.5. The fourth-order valence-corrected chi connectivity index (χ4v) is 9.09. The molecule has 0 aromatic heterocycles. The van der Waals surface area contributed by atoms with Crippen LogP contribution in [0.15, 0.2) is 182 Å². The topological polar surface area (TPSA) is 94.1 Å². The van der Waals surface area contributed by atoms with Crippen molar-refractivity contribution in [1.82, 2.24) is 0 Å². The lowest BCUT2D eigenvalue weighted by atomic mass is 9.77. The molecule has 2 aliphatic rings. The van der Waals surface area contributed by atoms with Crippen molar-refractivity contribution in [3.63, 3.8) is 0 Å². The van der Waals surface area contributed by atoms with Gasteiger partial charge in [0.25, 0.3) is 0 Å². The lowest BCUT2D eigenvalue weighted by Crippen LogP contribution is -2.61. The summed E-state index contributed by atoms with van der Waals surface area (Å²) in [6, 6.07) is 60.9. The van der Waals surface area contributed by atoms with Crippen LogP contribution in [0.4, 0.5) is 0 Å². The molecule has 2 saturated heterocycles. The Morgan fingerprint density at radius 3 is 1.20 bits per heavy atom. The Balaban J connectivity index is 1.13. The van der Waals surface area contributed by atoms with Crippen molar-refractivity contribution in [2.24, 2.45) is 11.8 Å². The Hall–Kier alpha value is -5.04. The first kappa shape index (κ1) is 46.5. The van der Waals surface area contributed by atoms with Gasteiger partial charge in [-0.3, -0.25) is 0 Å². The van der Waals surface area contributed by atoms with E-state index in [4.69, 9.17) is 37.9 Å². The molecule has 1 N–H and O–H groups in total. The van der Waals surface area contributed by atoms with Gasteiger partial charge in [-0.1, -0.05) is 182 Å². The van der Waals surface area contributed by atoms with Crippen molar-refractivity contribution in [3.05, 3.63) is 215 Å². The maximum absolute atomic E-state index is 12.8. The number of aliphatic hydroxyl groups is 1. The van der Waals surface area contributed by atoms with Crippen LogP contribution in [0.5, 0.6) is 0 Å². The van der Waals surface area contributed by atoms with Gasteiger partial charge in [0.05, 0.1) is 76.8 Å². The highest BCUT2D eigenvalue weighted by molar-refractivity contribution is 5.19. The van der Waals surface area contributed by atoms with E-state index in [1.807, 2.05) is 146 Å². The molecular formula is C56H62O9. The molecule has 0 spiro atoms. The van der Waals surface area contributed by atoms with E-state index in [0.29, 0.717) is 52.5 Å². The van der Waals surface area contributed by atoms with Gasteiger partial charge in [0.2, 0.25) is 0 Å². The highest BCUT2D eigenvalue weighted by Crippen LogP contribution is 2.40. The van der Waals surface area contributed by atoms with E-state index in [2.05, 4.69) is 36.4 Å². The van der Waals surface area contributed by atoms with Crippen LogP contribution in [0.2, 0.25) is 0 Å². The quantitative estimate of drug-likeness (QED) is 0.0716. The number of rotatable bonds is 22. The summed E-state index contributed by atoms with van der Waals surface area (Å²) in [6.45, 7) is 2.34. The summed E-state index contributed by atoms with van der Waals surface area (Å²) >= 11 is 0. The first-order valence-corrected chi connectivity index (χ1v) is 22.9. The molecule has 2 aliphatic heterocycles. The molecule has 0 unspecified atom stereocenters. The monoisotopic (exact) mass is 878 g/mol. The maximum Gasteiger partial charge on any atom is 0.186 e. The van der Waals surface area contributed by atoms with Gasteiger partial charge in [-0.15, -0.1) is 0 Å². The van der Waals surface area contributed by atoms with E-state index < -0.39 is 49.0 Å². The number of methoxy groups -OCH3 is 1. The Morgan fingerprint density at radius 2 is 0.769 bits per heavy atom. The van der Waals surface area contributed by atoms with Crippen molar-refractivity contribution in [3.8, 4) is 0 Å². The summed E-state index contributed by atoms with van der Waals surface area (Å²) in [5.41, 5.74) is 6.31. The third-order valence-corrected chi connectivity index (χ3v) is 12.5. The van der Waals surface area contributed by atoms with Crippen LogP contribution in [0.3, 0.4) is 0 Å². The average molecular weight is 879 g/mol. The molecule has 0 aliphatic carbocycles. The molecule has 2 heterocycles. The van der Waals surface area contributed by atoms with Gasteiger partial charge in [-0.05, 0) is 46.2 Å². The van der Waals surface area contributed by atoms with Gasteiger partial charge in [0, 0.05) is 18.9 Å². The predicted octanol–water partition coefficient (Wildman–Crippen LogP) is 9.54. The summed E-state index contributed by atoms with van der Waals surface area (Å²) in [6.07, 6.45) is -4.25. The van der Waals surface area contributed by atoms with Gasteiger partial charge in [0.1, 0.15) is 12.2 Å². The minimum absolute atomic E-state index is 0.235. The number of hydrogen-bond acceptors (Lipinski definition) is 9. The number of ether oxygens (including phenoxy) is 8. The fourth-order valence-electron chi connectivity index (χ4n) is 9.09. The van der Waals surface area contributed by atoms with Crippen LogP contribution in [0.25, 0.3) is 0 Å². The van der Waals surface area contributed by atoms with Crippen LogP contribution in [0.1, 0.15) is 39.8 Å². The van der Waals surface area contributed by atoms with Gasteiger partial charge in [0.15, 0.2) is 6.29 Å². The standard InChI is InChI=1S/C56H62O9/c1-58-56-55(63-38-46-30-18-7-19-31-46)54(62-37-45-28-16-6-17-29-45)48(51(65-56)40-60-35-43-24-12-4-13-25-43)33-49-52(57)53(61-36-44-26-14-5-15-27-44)47(32-41-20-8-2-9-21-41)50(64-49)39-59-34-42-22-10-3-11-23-42/h2-31,47-57H,32-40H2,1H3/t47-,48-,49+,50-,51-,52+,53+,54+,55-,56+/m1/s1. The molecule has 2 fully saturated rings. The molecule has 0 radical (unpaired) electrons. The van der Waals surface area contributed by atoms with Crippen LogP contribution in [-0.4, -0.2) is 74.4 Å². The predicted molar refractivity (Wildman–Crippen MR) is 249 cm³/mol. The van der Waals surface area contributed by atoms with E-state index in [1.54, 1.807) is 7.11 Å². The highest BCUT2D eigenvalue weighted by atomic mass is 16.7. The molecule has 8 rings (SSSR count). The second-order valence-electron chi connectivity index (χ2n) is 17.0. The fraction of sp³-hybridized carbons (Fsp3) is 0.357. The molecule has 0 saturated carbocycles. The smallest absolute Gasteiger partial charge is 0.186 e. The van der Waals surface area contributed by atoms with Gasteiger partial charge in [-0.25, -0.2) is 0 Å². The molecule has 9 heteroatoms. The second kappa shape index (κ2) is 24.5. The molecule has 10 atom stereocenters. The maximum atomic E-state index is 12.8. The molecule has 0 amide bonds. The van der Waals surface area contributed by atoms with Gasteiger partial charge in [-0.2, -0.15) is 0 Å². The van der Waals surface area contributed by atoms with E-state index in [-0.39, 0.29) is 18.4 Å². The van der Waals surface area contributed by atoms with Crippen molar-refractivity contribution < 1.29 is 43.0 Å². The zero-order valence-corrected chi connectivity index (χ0v) is 37.2. The molecule has 0 bridgehead atoms. The Labute approximate surface area is 384 Å². The molecule has 9 nitrogen and oxygen atoms in total. The molecule has 340 valence electrons. The summed E-state index contributed by atoms with van der Waals surface area (Å²) in [7, 11) is 1.63. The van der Waals surface area contributed by atoms with Crippen LogP contribution >= 0.6 is 0 Å². The molecule has 6 aromatic rings. The average Bonchev–Trinajstić information content (AvgIpc) is 3.36. The summed E-state index contributed by atoms with van der Waals surface area (Å²) in [5, 5.41) is 12.8. The number of hydrogen-bond donors (Lipinski definition) is 1. The Morgan fingerprint density at radius 1 is 0.400 bits per heavy atom. The normalized spacial score (nSPS) is 25.6. The van der Waals surface area contributed by atoms with E-state index in [9.17, 15) is 5.11 Å². The van der Waals surface area contributed by atoms with Gasteiger partial charge >= 0.3 is 0 Å². The third-order valence-electron chi connectivity index (χ3n) is 12.5. The summed E-state index contributed by atoms with van der Waals surface area (Å²) in [5.74, 6) is -0.617. The van der Waals surface area contributed by atoms with Crippen LogP contribution in [-0.2, 0) is 77.4 Å². The Bertz CT molecular complexity index is 2200. The first-order chi connectivity index (χ1) is 32.1. The zero-order valence-electron chi connectivity index (χ0n) is 37.2. The minimum Gasteiger partial charge on any atom is -0.388 e. The van der Waals surface area contributed by atoms with Crippen LogP contribution < -0.4 is 0 Å². The largest absolute Gasteiger partial charge is 0.388 e. The molecule has 65 heavy (non-hydrogen) atoms. The SMILES string of the molecule is CO[C@H]1O[C@H](COCc2ccccc2)[C@@H](C[C@@H]2O[C@H](COCc3ccccc3)[C@@H](Cc3ccccc3)[C@H](OCc3ccccc3)[C@H]2O)[C@H](OCc2ccccc2)[C@H]1OCc1ccccc1. The van der Waals surface area contributed by atoms with E-state index in [1.165, 1.54) is 0 Å². The highest BCUT2D eigenvalue weighted by Gasteiger charge is 2.52. The minimum atomic E-state index is -1.01. The summed E-state index contributed by atoms with van der Waals surface area (Å²) < 4.78 is 53.8. The number of aliphatic hydroxyl groups excluding tert-OH is 1. The number of benzene rings is 6. The second-order valence-corrected chi connectivity index (χ2v) is 17.0. The van der Waals surface area contributed by atoms with Crippen molar-refractivity contribution >= 4 is 0 Å². The van der Waals surface area contributed by atoms with Crippen molar-refractivity contribution in [1.29, 1.82) is 0 Å². The van der Waals surface area contributed by atoms with Gasteiger partial charge < -0.3 is 43.0 Å². The lowest BCUT2D eigenvalue weighted by Gasteiger charge is -2.50. The third kappa shape index (κ3) is 13.3. The lowest BCUT2D eigenvalue weighted by molar-refractivity contribution is -0.312. The van der Waals surface area contributed by atoms with Crippen molar-refractivity contribution in [2.75, 3.05) is 20.3 Å². The summed E-state index contributed by atoms with van der Waals surface area (Å²) in [4.78, 5) is 0. The molecular weight excluding hydrogens is 817 g/mol. The van der Waals surface area contributed by atoms with E-state index >= 15 is 0 Å². The van der Waals surface area contributed by atoms with E-state index in [0.717, 1.165) is 33.4 Å². The molecule has 6 aromatic carbocycles.